The fraction of sp³-hybridized carbons (Fsp3) is 0.737. The van der Waals surface area contributed by atoms with Crippen molar-refractivity contribution in [3.63, 3.8) is 0 Å². The van der Waals surface area contributed by atoms with Crippen molar-refractivity contribution in [3.05, 3.63) is 17.7 Å². The number of nitrogens with one attached hydrogen (secondary N) is 1. The molecule has 1 aromatic heterocycles. The molecule has 0 bridgehead atoms. The predicted octanol–water partition coefficient (Wildman–Crippen LogP) is 2.16. The van der Waals surface area contributed by atoms with E-state index < -0.39 is 0 Å². The zero-order chi connectivity index (χ0) is 18.3. The Labute approximate surface area is 159 Å². The number of rotatable bonds is 4. The van der Waals surface area contributed by atoms with Crippen molar-refractivity contribution < 1.29 is 9.59 Å². The van der Waals surface area contributed by atoms with Gasteiger partial charge < -0.3 is 14.8 Å². The van der Waals surface area contributed by atoms with E-state index >= 15 is 0 Å². The van der Waals surface area contributed by atoms with E-state index in [0.717, 1.165) is 50.1 Å². The molecule has 26 heavy (non-hydrogen) atoms. The summed E-state index contributed by atoms with van der Waals surface area (Å²) in [4.78, 5) is 37.7. The zero-order valence-electron chi connectivity index (χ0n) is 15.7. The molecule has 6 nitrogen and oxygen atoms in total. The highest BCUT2D eigenvalue weighted by atomic mass is 32.2. The van der Waals surface area contributed by atoms with Crippen molar-refractivity contribution >= 4 is 23.6 Å². The van der Waals surface area contributed by atoms with Crippen LogP contribution in [0.4, 0.5) is 0 Å². The molecule has 1 saturated carbocycles. The number of aromatic amines is 1. The zero-order valence-corrected chi connectivity index (χ0v) is 16.5. The number of H-pyrrole nitrogens is 1. The molecule has 2 amide bonds. The van der Waals surface area contributed by atoms with Crippen molar-refractivity contribution in [3.8, 4) is 0 Å². The summed E-state index contributed by atoms with van der Waals surface area (Å²) in [7, 11) is 0. The second-order valence-corrected chi connectivity index (χ2v) is 9.32. The normalized spacial score (nSPS) is 23.0. The van der Waals surface area contributed by atoms with Gasteiger partial charge in [-0.1, -0.05) is 6.92 Å². The van der Waals surface area contributed by atoms with Crippen molar-refractivity contribution in [2.45, 2.75) is 56.7 Å². The molecular weight excluding hydrogens is 348 g/mol. The number of hydrogen-bond acceptors (Lipinski definition) is 4. The number of amides is 2. The maximum absolute atomic E-state index is 13.0. The fourth-order valence-corrected chi connectivity index (χ4v) is 5.32. The molecule has 142 valence electrons. The van der Waals surface area contributed by atoms with Crippen LogP contribution in [0.1, 0.15) is 50.9 Å². The van der Waals surface area contributed by atoms with Crippen LogP contribution in [0.3, 0.4) is 0 Å². The van der Waals surface area contributed by atoms with Gasteiger partial charge in [-0.05, 0) is 38.4 Å². The molecule has 3 heterocycles. The number of fused-ring (bicyclic) bond motifs is 2. The molecule has 0 radical (unpaired) electrons. The molecule has 0 aromatic carbocycles. The lowest BCUT2D eigenvalue weighted by atomic mass is 9.78. The SMILES string of the molecule is CCSC(C)C(=O)N1CCC2(CC1)c1nc[nH]c1CCN2C(=O)C1CC1. The van der Waals surface area contributed by atoms with Crippen LogP contribution in [-0.2, 0) is 21.5 Å². The Kier molecular flexibility index (Phi) is 4.75. The van der Waals surface area contributed by atoms with E-state index in [1.54, 1.807) is 18.1 Å². The van der Waals surface area contributed by atoms with Gasteiger partial charge in [-0.2, -0.15) is 0 Å². The molecule has 1 aliphatic carbocycles. The number of carbonyl (C=O) groups excluding carboxylic acids is 2. The van der Waals surface area contributed by atoms with Crippen molar-refractivity contribution in [1.29, 1.82) is 0 Å². The molecule has 1 spiro atoms. The van der Waals surface area contributed by atoms with Crippen LogP contribution >= 0.6 is 11.8 Å². The largest absolute Gasteiger partial charge is 0.348 e. The Balaban J connectivity index is 1.56. The van der Waals surface area contributed by atoms with E-state index in [1.165, 1.54) is 5.69 Å². The molecule has 7 heteroatoms. The van der Waals surface area contributed by atoms with Crippen LogP contribution in [0, 0.1) is 5.92 Å². The topological polar surface area (TPSA) is 69.3 Å². The van der Waals surface area contributed by atoms with Crippen LogP contribution in [0.2, 0.25) is 0 Å². The maximum atomic E-state index is 13.0. The van der Waals surface area contributed by atoms with Gasteiger partial charge in [0.15, 0.2) is 0 Å². The summed E-state index contributed by atoms with van der Waals surface area (Å²) in [5.74, 6) is 1.69. The van der Waals surface area contributed by atoms with Gasteiger partial charge in [0.05, 0.1) is 22.8 Å². The summed E-state index contributed by atoms with van der Waals surface area (Å²) in [5.41, 5.74) is 1.88. The second-order valence-electron chi connectivity index (χ2n) is 7.70. The van der Waals surface area contributed by atoms with Gasteiger partial charge in [0.25, 0.3) is 0 Å². The molecule has 2 fully saturated rings. The number of aromatic nitrogens is 2. The molecule has 4 rings (SSSR count). The van der Waals surface area contributed by atoms with Gasteiger partial charge in [0.1, 0.15) is 0 Å². The summed E-state index contributed by atoms with van der Waals surface area (Å²) in [6.07, 6.45) is 6.24. The van der Waals surface area contributed by atoms with Crippen molar-refractivity contribution in [2.75, 3.05) is 25.4 Å². The van der Waals surface area contributed by atoms with E-state index in [1.807, 2.05) is 11.8 Å². The van der Waals surface area contributed by atoms with E-state index in [0.29, 0.717) is 19.0 Å². The summed E-state index contributed by atoms with van der Waals surface area (Å²) in [6.45, 7) is 6.25. The molecule has 1 N–H and O–H groups in total. The van der Waals surface area contributed by atoms with E-state index in [-0.39, 0.29) is 22.6 Å². The first-order chi connectivity index (χ1) is 12.6. The first kappa shape index (κ1) is 17.9. The van der Waals surface area contributed by atoms with Gasteiger partial charge in [-0.25, -0.2) is 4.98 Å². The highest BCUT2D eigenvalue weighted by molar-refractivity contribution is 8.00. The van der Waals surface area contributed by atoms with Gasteiger partial charge in [-0.15, -0.1) is 11.8 Å². The molecular formula is C19H28N4O2S. The third-order valence-corrected chi connectivity index (χ3v) is 7.16. The number of carbonyl (C=O) groups is 2. The van der Waals surface area contributed by atoms with Crippen LogP contribution in [0.25, 0.3) is 0 Å². The van der Waals surface area contributed by atoms with E-state index in [9.17, 15) is 9.59 Å². The second kappa shape index (κ2) is 6.91. The molecule has 2 aliphatic heterocycles. The van der Waals surface area contributed by atoms with Gasteiger partial charge in [-0.3, -0.25) is 9.59 Å². The number of nitrogens with zero attached hydrogens (tertiary/aromatic N) is 3. The number of thioether (sulfide) groups is 1. The van der Waals surface area contributed by atoms with Gasteiger partial charge >= 0.3 is 0 Å². The predicted molar refractivity (Wildman–Crippen MR) is 102 cm³/mol. The molecule has 1 unspecified atom stereocenters. The van der Waals surface area contributed by atoms with Crippen LogP contribution < -0.4 is 0 Å². The number of likely N-dealkylation sites (tertiary alicyclic amines) is 1. The standard InChI is InChI=1S/C19H28N4O2S/c1-3-26-13(2)17(24)22-10-7-19(8-11-22)16-15(20-12-21-16)6-9-23(19)18(25)14-4-5-14/h12-14H,3-11H2,1-2H3,(H,20,21). The Morgan fingerprint density at radius 2 is 2.08 bits per heavy atom. The highest BCUT2D eigenvalue weighted by Crippen LogP contribution is 2.45. The molecule has 3 aliphatic rings. The Bertz CT molecular complexity index is 691. The number of imidazole rings is 1. The molecule has 1 aromatic rings. The van der Waals surface area contributed by atoms with E-state index in [2.05, 4.69) is 21.8 Å². The molecule has 1 atom stereocenters. The minimum atomic E-state index is -0.328. The summed E-state index contributed by atoms with van der Waals surface area (Å²) >= 11 is 1.69. The average molecular weight is 377 g/mol. The first-order valence-electron chi connectivity index (χ1n) is 9.81. The number of hydrogen-bond donors (Lipinski definition) is 1. The third kappa shape index (κ3) is 2.94. The molecule has 1 saturated heterocycles. The lowest BCUT2D eigenvalue weighted by molar-refractivity contribution is -0.145. The Morgan fingerprint density at radius 1 is 1.35 bits per heavy atom. The smallest absolute Gasteiger partial charge is 0.235 e. The minimum Gasteiger partial charge on any atom is -0.348 e. The summed E-state index contributed by atoms with van der Waals surface area (Å²) in [6, 6.07) is 0. The van der Waals surface area contributed by atoms with Crippen LogP contribution in [0.5, 0.6) is 0 Å². The lowest BCUT2D eigenvalue weighted by Gasteiger charge is -2.50. The first-order valence-corrected chi connectivity index (χ1v) is 10.9. The monoisotopic (exact) mass is 376 g/mol. The Morgan fingerprint density at radius 3 is 2.73 bits per heavy atom. The fourth-order valence-electron chi connectivity index (χ4n) is 4.53. The maximum Gasteiger partial charge on any atom is 0.235 e. The number of piperidine rings is 1. The summed E-state index contributed by atoms with van der Waals surface area (Å²) in [5, 5.41) is 0.00514. The highest BCUT2D eigenvalue weighted by Gasteiger charge is 2.51. The Hall–Kier alpha value is -1.50. The van der Waals surface area contributed by atoms with Crippen molar-refractivity contribution in [2.24, 2.45) is 5.92 Å². The van der Waals surface area contributed by atoms with Gasteiger partial charge in [0.2, 0.25) is 11.8 Å². The summed E-state index contributed by atoms with van der Waals surface area (Å²) < 4.78 is 0. The van der Waals surface area contributed by atoms with Gasteiger partial charge in [0, 0.05) is 37.7 Å². The van der Waals surface area contributed by atoms with Crippen molar-refractivity contribution in [1.82, 2.24) is 19.8 Å². The third-order valence-electron chi connectivity index (χ3n) is 6.12. The minimum absolute atomic E-state index is 0.00514. The lowest BCUT2D eigenvalue weighted by Crippen LogP contribution is -2.59. The van der Waals surface area contributed by atoms with Crippen LogP contribution in [0.15, 0.2) is 6.33 Å². The van der Waals surface area contributed by atoms with Crippen LogP contribution in [-0.4, -0.2) is 62.2 Å². The average Bonchev–Trinajstić information content (AvgIpc) is 3.39. The van der Waals surface area contributed by atoms with E-state index in [4.69, 9.17) is 0 Å². The quantitative estimate of drug-likeness (QED) is 0.874.